The van der Waals surface area contributed by atoms with Crippen LogP contribution in [0.5, 0.6) is 0 Å². The Hall–Kier alpha value is -2.56. The van der Waals surface area contributed by atoms with Crippen molar-refractivity contribution in [3.63, 3.8) is 0 Å². The van der Waals surface area contributed by atoms with E-state index in [1.807, 2.05) is 29.2 Å². The molecule has 0 radical (unpaired) electrons. The van der Waals surface area contributed by atoms with Gasteiger partial charge in [0.25, 0.3) is 0 Å². The second-order valence-electron chi connectivity index (χ2n) is 8.39. The molecule has 1 aliphatic heterocycles. The predicted octanol–water partition coefficient (Wildman–Crippen LogP) is 4.37. The van der Waals surface area contributed by atoms with Crippen molar-refractivity contribution < 1.29 is 14.0 Å². The topological polar surface area (TPSA) is 62.6 Å². The molecule has 2 saturated carbocycles. The molecule has 0 atom stereocenters. The molecular formula is C23H26N2O3. The fraction of sp³-hybridized carbons (Fsp3) is 0.478. The first kappa shape index (κ1) is 17.5. The summed E-state index contributed by atoms with van der Waals surface area (Å²) < 4.78 is 6.11. The lowest BCUT2D eigenvalue weighted by Gasteiger charge is -2.33. The molecule has 5 heteroatoms. The Labute approximate surface area is 165 Å². The van der Waals surface area contributed by atoms with Gasteiger partial charge in [0.15, 0.2) is 0 Å². The van der Waals surface area contributed by atoms with Gasteiger partial charge in [-0.2, -0.15) is 0 Å². The van der Waals surface area contributed by atoms with Crippen LogP contribution in [-0.2, 0) is 22.6 Å². The van der Waals surface area contributed by atoms with Crippen LogP contribution in [0.4, 0.5) is 5.69 Å². The quantitative estimate of drug-likeness (QED) is 0.859. The Morgan fingerprint density at radius 2 is 1.82 bits per heavy atom. The van der Waals surface area contributed by atoms with E-state index < -0.39 is 0 Å². The molecule has 0 spiro atoms. The number of anilines is 1. The minimum Gasteiger partial charge on any atom is -0.461 e. The molecule has 2 amide bonds. The summed E-state index contributed by atoms with van der Waals surface area (Å²) in [4.78, 5) is 26.8. The van der Waals surface area contributed by atoms with Gasteiger partial charge in [0.1, 0.15) is 11.5 Å². The number of benzene rings is 1. The second kappa shape index (κ2) is 7.12. The fourth-order valence-electron chi connectivity index (χ4n) is 4.24. The summed E-state index contributed by atoms with van der Waals surface area (Å²) in [5.74, 6) is 2.62. The molecule has 2 aromatic rings. The number of nitrogens with one attached hydrogen (secondary N) is 1. The van der Waals surface area contributed by atoms with Crippen LogP contribution in [0.3, 0.4) is 0 Å². The van der Waals surface area contributed by atoms with Gasteiger partial charge in [0, 0.05) is 48.2 Å². The maximum absolute atomic E-state index is 12.6. The lowest BCUT2D eigenvalue weighted by molar-refractivity contribution is -0.139. The molecule has 0 unspecified atom stereocenters. The molecule has 2 heterocycles. The number of nitrogens with zero attached hydrogens (tertiary/aromatic N) is 1. The van der Waals surface area contributed by atoms with Crippen LogP contribution in [0.2, 0.25) is 0 Å². The summed E-state index contributed by atoms with van der Waals surface area (Å²) in [5.41, 5.74) is 2.88. The van der Waals surface area contributed by atoms with Gasteiger partial charge in [-0.05, 0) is 43.9 Å². The van der Waals surface area contributed by atoms with Crippen molar-refractivity contribution in [2.45, 2.75) is 51.5 Å². The van der Waals surface area contributed by atoms with Gasteiger partial charge in [-0.3, -0.25) is 9.59 Å². The van der Waals surface area contributed by atoms with Crippen LogP contribution in [0.15, 0.2) is 34.7 Å². The number of carbonyl (C=O) groups is 2. The zero-order chi connectivity index (χ0) is 19.1. The van der Waals surface area contributed by atoms with Crippen molar-refractivity contribution in [3.05, 3.63) is 41.7 Å². The van der Waals surface area contributed by atoms with Crippen LogP contribution in [-0.4, -0.2) is 23.3 Å². The molecule has 28 heavy (non-hydrogen) atoms. The van der Waals surface area contributed by atoms with E-state index in [0.29, 0.717) is 12.5 Å². The highest BCUT2D eigenvalue weighted by Crippen LogP contribution is 2.34. The van der Waals surface area contributed by atoms with E-state index in [1.54, 1.807) is 0 Å². The number of hydrogen-bond acceptors (Lipinski definition) is 3. The summed E-state index contributed by atoms with van der Waals surface area (Å²) >= 11 is 0. The average Bonchev–Trinajstić information content (AvgIpc) is 3.02. The van der Waals surface area contributed by atoms with Gasteiger partial charge in [-0.25, -0.2) is 0 Å². The largest absolute Gasteiger partial charge is 0.461 e. The van der Waals surface area contributed by atoms with Crippen molar-refractivity contribution in [1.29, 1.82) is 0 Å². The highest BCUT2D eigenvalue weighted by atomic mass is 16.3. The molecule has 1 aromatic carbocycles. The van der Waals surface area contributed by atoms with Gasteiger partial charge in [0.05, 0.1) is 0 Å². The number of fused-ring (bicyclic) bond motifs is 1. The minimum absolute atomic E-state index is 0.118. The van der Waals surface area contributed by atoms with Crippen LogP contribution < -0.4 is 5.32 Å². The third-order valence-electron chi connectivity index (χ3n) is 6.52. The van der Waals surface area contributed by atoms with Crippen LogP contribution in [0.25, 0.3) is 11.3 Å². The van der Waals surface area contributed by atoms with Gasteiger partial charge in [-0.15, -0.1) is 0 Å². The maximum atomic E-state index is 12.6. The molecular weight excluding hydrogens is 352 g/mol. The summed E-state index contributed by atoms with van der Waals surface area (Å²) in [6.45, 7) is 1.39. The number of furan rings is 1. The monoisotopic (exact) mass is 378 g/mol. The normalized spacial score (nSPS) is 19.5. The molecule has 2 aliphatic carbocycles. The summed E-state index contributed by atoms with van der Waals surface area (Å²) in [6, 6.07) is 9.89. The van der Waals surface area contributed by atoms with Crippen molar-refractivity contribution >= 4 is 17.5 Å². The van der Waals surface area contributed by atoms with E-state index in [1.165, 1.54) is 6.42 Å². The zero-order valence-corrected chi connectivity index (χ0v) is 16.1. The third-order valence-corrected chi connectivity index (χ3v) is 6.52. The highest BCUT2D eigenvalue weighted by Gasteiger charge is 2.32. The first-order valence-corrected chi connectivity index (χ1v) is 10.5. The number of carbonyl (C=O) groups excluding carboxylic acids is 2. The summed E-state index contributed by atoms with van der Waals surface area (Å²) in [7, 11) is 0. The number of rotatable bonds is 4. The van der Waals surface area contributed by atoms with E-state index in [-0.39, 0.29) is 17.7 Å². The maximum Gasteiger partial charge on any atom is 0.227 e. The minimum atomic E-state index is 0.118. The summed E-state index contributed by atoms with van der Waals surface area (Å²) in [6.07, 6.45) is 7.16. The Morgan fingerprint density at radius 3 is 2.54 bits per heavy atom. The van der Waals surface area contributed by atoms with Crippen molar-refractivity contribution in [1.82, 2.24) is 4.90 Å². The third kappa shape index (κ3) is 3.23. The van der Waals surface area contributed by atoms with Gasteiger partial charge in [0.2, 0.25) is 11.8 Å². The highest BCUT2D eigenvalue weighted by molar-refractivity contribution is 5.93. The van der Waals surface area contributed by atoms with Gasteiger partial charge in [-0.1, -0.05) is 25.0 Å². The predicted molar refractivity (Wildman–Crippen MR) is 107 cm³/mol. The van der Waals surface area contributed by atoms with E-state index in [9.17, 15) is 9.59 Å². The molecule has 5 nitrogen and oxygen atoms in total. The molecule has 2 fully saturated rings. The standard InChI is InChI=1S/C23H26N2O3/c26-22(15-4-1-5-15)24-19-9-3-8-17(12-19)21-13-18-14-25(11-10-20(18)28-21)23(27)16-6-2-7-16/h3,8-9,12-13,15-16H,1-2,4-7,10-11,14H2,(H,24,26). The second-order valence-corrected chi connectivity index (χ2v) is 8.39. The Kier molecular flexibility index (Phi) is 4.46. The molecule has 146 valence electrons. The summed E-state index contributed by atoms with van der Waals surface area (Å²) in [5, 5.41) is 3.03. The van der Waals surface area contributed by atoms with Crippen molar-refractivity contribution in [3.8, 4) is 11.3 Å². The number of hydrogen-bond donors (Lipinski definition) is 1. The lowest BCUT2D eigenvalue weighted by atomic mass is 9.84. The molecule has 0 saturated heterocycles. The van der Waals surface area contributed by atoms with E-state index in [2.05, 4.69) is 11.4 Å². The van der Waals surface area contributed by atoms with E-state index >= 15 is 0 Å². The molecule has 0 bridgehead atoms. The SMILES string of the molecule is O=C(Nc1cccc(-c2cc3c(o2)CCN(C(=O)C2CCC2)C3)c1)C1CCC1. The Balaban J connectivity index is 1.31. The molecule has 1 N–H and O–H groups in total. The zero-order valence-electron chi connectivity index (χ0n) is 16.1. The average molecular weight is 378 g/mol. The fourth-order valence-corrected chi connectivity index (χ4v) is 4.24. The van der Waals surface area contributed by atoms with E-state index in [4.69, 9.17) is 4.42 Å². The van der Waals surface area contributed by atoms with Crippen LogP contribution >= 0.6 is 0 Å². The van der Waals surface area contributed by atoms with E-state index in [0.717, 1.165) is 73.4 Å². The molecule has 3 aliphatic rings. The molecule has 5 rings (SSSR count). The Morgan fingerprint density at radius 1 is 1.04 bits per heavy atom. The smallest absolute Gasteiger partial charge is 0.227 e. The molecule has 1 aromatic heterocycles. The van der Waals surface area contributed by atoms with Gasteiger partial charge < -0.3 is 14.6 Å². The van der Waals surface area contributed by atoms with Gasteiger partial charge >= 0.3 is 0 Å². The first-order valence-electron chi connectivity index (χ1n) is 10.5. The first-order chi connectivity index (χ1) is 13.7. The van der Waals surface area contributed by atoms with Crippen LogP contribution in [0.1, 0.15) is 49.8 Å². The Bertz CT molecular complexity index is 908. The van der Waals surface area contributed by atoms with Crippen molar-refractivity contribution in [2.24, 2.45) is 11.8 Å². The van der Waals surface area contributed by atoms with Crippen molar-refractivity contribution in [2.75, 3.05) is 11.9 Å². The lowest BCUT2D eigenvalue weighted by Crippen LogP contribution is -2.41. The van der Waals surface area contributed by atoms with Crippen LogP contribution in [0, 0.1) is 11.8 Å². The number of amides is 2.